The molecule has 0 saturated carbocycles. The van der Waals surface area contributed by atoms with Crippen molar-refractivity contribution in [3.63, 3.8) is 0 Å². The lowest BCUT2D eigenvalue weighted by atomic mass is 10.2. The van der Waals surface area contributed by atoms with Crippen LogP contribution in [0, 0.1) is 5.82 Å². The molecule has 7 heteroatoms. The first-order valence-electron chi connectivity index (χ1n) is 8.51. The molecule has 2 aromatic rings. The number of methoxy groups -OCH3 is 1. The maximum atomic E-state index is 13.7. The van der Waals surface area contributed by atoms with Crippen LogP contribution < -0.4 is 14.8 Å². The molecule has 0 aliphatic carbocycles. The van der Waals surface area contributed by atoms with Crippen molar-refractivity contribution in [3.8, 4) is 11.5 Å². The number of benzene rings is 2. The van der Waals surface area contributed by atoms with E-state index in [1.807, 2.05) is 32.0 Å². The molecule has 2 aromatic carbocycles. The molecule has 0 heterocycles. The topological polar surface area (TPSA) is 47.6 Å². The van der Waals surface area contributed by atoms with Crippen LogP contribution in [-0.4, -0.2) is 24.9 Å². The van der Waals surface area contributed by atoms with Crippen molar-refractivity contribution in [1.82, 2.24) is 5.32 Å². The zero-order chi connectivity index (χ0) is 19.8. The van der Waals surface area contributed by atoms with E-state index in [-0.39, 0.29) is 23.6 Å². The van der Waals surface area contributed by atoms with E-state index in [2.05, 4.69) is 5.32 Å². The lowest BCUT2D eigenvalue weighted by Crippen LogP contribution is -2.24. The molecule has 0 unspecified atom stereocenters. The molecule has 146 valence electrons. The second-order valence-electron chi connectivity index (χ2n) is 6.16. The van der Waals surface area contributed by atoms with Crippen LogP contribution in [0.3, 0.4) is 0 Å². The van der Waals surface area contributed by atoms with Crippen LogP contribution in [0.4, 0.5) is 4.39 Å². The van der Waals surface area contributed by atoms with E-state index >= 15 is 0 Å². The van der Waals surface area contributed by atoms with Crippen LogP contribution in [0.1, 0.15) is 25.0 Å². The molecule has 0 atom stereocenters. The molecule has 0 bridgehead atoms. The van der Waals surface area contributed by atoms with Crippen molar-refractivity contribution in [2.24, 2.45) is 0 Å². The molecule has 1 amide bonds. The van der Waals surface area contributed by atoms with E-state index in [0.29, 0.717) is 34.4 Å². The fourth-order valence-electron chi connectivity index (χ4n) is 2.32. The van der Waals surface area contributed by atoms with Crippen LogP contribution in [-0.2, 0) is 17.1 Å². The van der Waals surface area contributed by atoms with Gasteiger partial charge in [-0.25, -0.2) is 4.39 Å². The number of hydrogen-bond donors (Lipinski definition) is 1. The zero-order valence-corrected chi connectivity index (χ0v) is 17.1. The molecule has 0 fully saturated rings. The van der Waals surface area contributed by atoms with Gasteiger partial charge in [0.15, 0.2) is 11.5 Å². The quantitative estimate of drug-likeness (QED) is 0.642. The fraction of sp³-hybridized carbons (Fsp3) is 0.350. The Morgan fingerprint density at radius 2 is 2.00 bits per heavy atom. The van der Waals surface area contributed by atoms with Gasteiger partial charge in [0.2, 0.25) is 5.91 Å². The number of carbonyl (C=O) groups is 1. The van der Waals surface area contributed by atoms with Crippen molar-refractivity contribution < 1.29 is 18.7 Å². The standard InChI is InChI=1S/C20H23ClFNO3S/c1-13(2)26-18-7-4-14(8-19(18)25-3)10-23-20(24)12-27-11-15-5-6-16(21)9-17(15)22/h4-9,13H,10-12H2,1-3H3,(H,23,24). The number of hydrogen-bond acceptors (Lipinski definition) is 4. The summed E-state index contributed by atoms with van der Waals surface area (Å²) in [7, 11) is 1.58. The van der Waals surface area contributed by atoms with E-state index in [1.165, 1.54) is 17.8 Å². The average molecular weight is 412 g/mol. The van der Waals surface area contributed by atoms with Gasteiger partial charge in [-0.2, -0.15) is 0 Å². The smallest absolute Gasteiger partial charge is 0.230 e. The average Bonchev–Trinajstić information content (AvgIpc) is 2.62. The van der Waals surface area contributed by atoms with Crippen LogP contribution >= 0.6 is 23.4 Å². The SMILES string of the molecule is COc1cc(CNC(=O)CSCc2ccc(Cl)cc2F)ccc1OC(C)C. The second-order valence-corrected chi connectivity index (χ2v) is 7.58. The van der Waals surface area contributed by atoms with Crippen molar-refractivity contribution in [3.05, 3.63) is 58.4 Å². The summed E-state index contributed by atoms with van der Waals surface area (Å²) in [5.41, 5.74) is 1.44. The van der Waals surface area contributed by atoms with Crippen molar-refractivity contribution >= 4 is 29.3 Å². The first-order chi connectivity index (χ1) is 12.9. The van der Waals surface area contributed by atoms with E-state index in [9.17, 15) is 9.18 Å². The Kier molecular flexibility index (Phi) is 8.25. The maximum absolute atomic E-state index is 13.7. The molecule has 0 aliphatic rings. The first kappa shape index (κ1) is 21.4. The highest BCUT2D eigenvalue weighted by molar-refractivity contribution is 7.99. The van der Waals surface area contributed by atoms with E-state index < -0.39 is 0 Å². The van der Waals surface area contributed by atoms with Gasteiger partial charge in [-0.15, -0.1) is 11.8 Å². The van der Waals surface area contributed by atoms with E-state index in [0.717, 1.165) is 5.56 Å². The molecule has 1 N–H and O–H groups in total. The molecule has 0 saturated heterocycles. The Morgan fingerprint density at radius 1 is 1.22 bits per heavy atom. The summed E-state index contributed by atoms with van der Waals surface area (Å²) in [6.07, 6.45) is 0.0481. The lowest BCUT2D eigenvalue weighted by Gasteiger charge is -2.14. The molecule has 0 spiro atoms. The van der Waals surface area contributed by atoms with Crippen LogP contribution in [0.15, 0.2) is 36.4 Å². The summed E-state index contributed by atoms with van der Waals surface area (Å²) in [6, 6.07) is 10.1. The third-order valence-electron chi connectivity index (χ3n) is 3.59. The third-order valence-corrected chi connectivity index (χ3v) is 4.80. The Labute approximate surface area is 168 Å². The molecular formula is C20H23ClFNO3S. The molecule has 27 heavy (non-hydrogen) atoms. The van der Waals surface area contributed by atoms with Crippen LogP contribution in [0.2, 0.25) is 5.02 Å². The second kappa shape index (κ2) is 10.4. The van der Waals surface area contributed by atoms with E-state index in [1.54, 1.807) is 19.2 Å². The Morgan fingerprint density at radius 3 is 2.67 bits per heavy atom. The largest absolute Gasteiger partial charge is 0.493 e. The predicted molar refractivity (Wildman–Crippen MR) is 108 cm³/mol. The predicted octanol–water partition coefficient (Wildman–Crippen LogP) is 4.82. The van der Waals surface area contributed by atoms with Gasteiger partial charge in [0.25, 0.3) is 0 Å². The van der Waals surface area contributed by atoms with Crippen molar-refractivity contribution in [2.75, 3.05) is 12.9 Å². The van der Waals surface area contributed by atoms with Gasteiger partial charge in [0.05, 0.1) is 19.0 Å². The van der Waals surface area contributed by atoms with Gasteiger partial charge in [-0.3, -0.25) is 4.79 Å². The Bertz CT molecular complexity index is 786. The minimum Gasteiger partial charge on any atom is -0.493 e. The lowest BCUT2D eigenvalue weighted by molar-refractivity contribution is -0.118. The van der Waals surface area contributed by atoms with Crippen LogP contribution in [0.25, 0.3) is 0 Å². The first-order valence-corrected chi connectivity index (χ1v) is 10.0. The molecule has 0 radical (unpaired) electrons. The van der Waals surface area contributed by atoms with Crippen LogP contribution in [0.5, 0.6) is 11.5 Å². The summed E-state index contributed by atoms with van der Waals surface area (Å²) >= 11 is 7.08. The molecule has 0 aromatic heterocycles. The zero-order valence-electron chi connectivity index (χ0n) is 15.6. The fourth-order valence-corrected chi connectivity index (χ4v) is 3.32. The highest BCUT2D eigenvalue weighted by Gasteiger charge is 2.09. The van der Waals surface area contributed by atoms with Gasteiger partial charge in [-0.05, 0) is 49.2 Å². The van der Waals surface area contributed by atoms with Gasteiger partial charge >= 0.3 is 0 Å². The number of carbonyl (C=O) groups excluding carboxylic acids is 1. The molecule has 0 aliphatic heterocycles. The minimum atomic E-state index is -0.355. The van der Waals surface area contributed by atoms with Gasteiger partial charge in [0.1, 0.15) is 5.82 Å². The Balaban J connectivity index is 1.81. The summed E-state index contributed by atoms with van der Waals surface area (Å²) < 4.78 is 24.7. The normalized spacial score (nSPS) is 10.7. The molecule has 2 rings (SSSR count). The summed E-state index contributed by atoms with van der Waals surface area (Å²) in [4.78, 5) is 12.0. The van der Waals surface area contributed by atoms with Gasteiger partial charge < -0.3 is 14.8 Å². The number of rotatable bonds is 9. The summed E-state index contributed by atoms with van der Waals surface area (Å²) in [5.74, 6) is 1.48. The number of halogens is 2. The highest BCUT2D eigenvalue weighted by Crippen LogP contribution is 2.29. The minimum absolute atomic E-state index is 0.0481. The van der Waals surface area contributed by atoms with Crippen molar-refractivity contribution in [2.45, 2.75) is 32.2 Å². The number of ether oxygens (including phenoxy) is 2. The highest BCUT2D eigenvalue weighted by atomic mass is 35.5. The van der Waals surface area contributed by atoms with E-state index in [4.69, 9.17) is 21.1 Å². The van der Waals surface area contributed by atoms with Gasteiger partial charge in [0, 0.05) is 17.3 Å². The Hall–Kier alpha value is -1.92. The van der Waals surface area contributed by atoms with Crippen molar-refractivity contribution in [1.29, 1.82) is 0 Å². The molecule has 4 nitrogen and oxygen atoms in total. The summed E-state index contributed by atoms with van der Waals surface area (Å²) in [5, 5.41) is 3.21. The monoisotopic (exact) mass is 411 g/mol. The number of amides is 1. The summed E-state index contributed by atoms with van der Waals surface area (Å²) in [6.45, 7) is 4.27. The number of thioether (sulfide) groups is 1. The maximum Gasteiger partial charge on any atom is 0.230 e. The number of nitrogens with one attached hydrogen (secondary N) is 1. The third kappa shape index (κ3) is 6.96. The molecular weight excluding hydrogens is 389 g/mol. The van der Waals surface area contributed by atoms with Gasteiger partial charge in [-0.1, -0.05) is 23.7 Å².